The number of pyridine rings is 1. The molecule has 0 fully saturated rings. The summed E-state index contributed by atoms with van der Waals surface area (Å²) in [6.45, 7) is 6.78. The van der Waals surface area contributed by atoms with Gasteiger partial charge < -0.3 is 15.0 Å². The van der Waals surface area contributed by atoms with Crippen LogP contribution in [0.2, 0.25) is 0 Å². The molecule has 1 atom stereocenters. The second-order valence-corrected chi connectivity index (χ2v) is 23.1. The SMILES string of the molecule is CC(C)(C)c1ccnc(C2c3ccccc3-c3ccc(Oc4cccc(Nc5cccc6c5[nH]c5c(-c7ccc8c(c7)-c7ccccc7C87c8ccccc8-c8ccccc87)cccc5c5ccccc5c5ccccc65)c4)cc32)c1. The van der Waals surface area contributed by atoms with Crippen molar-refractivity contribution in [2.75, 3.05) is 5.32 Å². The van der Waals surface area contributed by atoms with Gasteiger partial charge in [0, 0.05) is 34.3 Å². The molecule has 0 bridgehead atoms. The van der Waals surface area contributed by atoms with Gasteiger partial charge in [-0.1, -0.05) is 221 Å². The maximum absolute atomic E-state index is 6.85. The number of hydrogen-bond donors (Lipinski definition) is 2. The topological polar surface area (TPSA) is 49.9 Å². The van der Waals surface area contributed by atoms with E-state index in [2.05, 4.69) is 280 Å². The number of fused-ring (bicyclic) bond motifs is 20. The first kappa shape index (κ1) is 47.0. The molecule has 0 saturated carbocycles. The number of ether oxygens (including phenoxy) is 1. The molecule has 0 aliphatic heterocycles. The van der Waals surface area contributed by atoms with Crippen molar-refractivity contribution in [1.82, 2.24) is 9.97 Å². The molecule has 2 heterocycles. The summed E-state index contributed by atoms with van der Waals surface area (Å²) in [6.07, 6.45) is 1.96. The third kappa shape index (κ3) is 7.19. The minimum Gasteiger partial charge on any atom is -0.457 e. The maximum atomic E-state index is 6.85. The van der Waals surface area contributed by atoms with Crippen LogP contribution in [0, 0.1) is 0 Å². The van der Waals surface area contributed by atoms with Crippen molar-refractivity contribution in [3.63, 3.8) is 0 Å². The fraction of sp³-hybridized carbons (Fsp3) is 0.0779. The lowest BCUT2D eigenvalue weighted by molar-refractivity contribution is 0.482. The highest BCUT2D eigenvalue weighted by molar-refractivity contribution is 6.21. The van der Waals surface area contributed by atoms with Gasteiger partial charge in [0.2, 0.25) is 0 Å². The van der Waals surface area contributed by atoms with Crippen LogP contribution in [-0.4, -0.2) is 9.97 Å². The fourth-order valence-electron chi connectivity index (χ4n) is 14.0. The van der Waals surface area contributed by atoms with Gasteiger partial charge >= 0.3 is 0 Å². The summed E-state index contributed by atoms with van der Waals surface area (Å²) in [6, 6.07) is 93.4. The van der Waals surface area contributed by atoms with E-state index in [1.165, 1.54) is 88.5 Å². The van der Waals surface area contributed by atoms with E-state index in [1.807, 2.05) is 12.3 Å². The van der Waals surface area contributed by atoms with Gasteiger partial charge in [0.15, 0.2) is 0 Å². The molecular weight excluding hydrogens is 983 g/mol. The van der Waals surface area contributed by atoms with Crippen molar-refractivity contribution in [1.29, 1.82) is 0 Å². The second-order valence-electron chi connectivity index (χ2n) is 23.1. The van der Waals surface area contributed by atoms with Gasteiger partial charge in [-0.3, -0.25) is 4.98 Å². The first-order chi connectivity index (χ1) is 39.8. The lowest BCUT2D eigenvalue weighted by Gasteiger charge is -2.30. The van der Waals surface area contributed by atoms with E-state index >= 15 is 0 Å². The van der Waals surface area contributed by atoms with E-state index in [-0.39, 0.29) is 11.3 Å². The molecule has 4 heteroatoms. The fourth-order valence-corrected chi connectivity index (χ4v) is 14.0. The molecule has 3 aliphatic carbocycles. The van der Waals surface area contributed by atoms with Crippen LogP contribution >= 0.6 is 0 Å². The van der Waals surface area contributed by atoms with E-state index in [4.69, 9.17) is 9.72 Å². The van der Waals surface area contributed by atoms with E-state index in [0.717, 1.165) is 66.9 Å². The van der Waals surface area contributed by atoms with Crippen molar-refractivity contribution in [2.45, 2.75) is 37.5 Å². The van der Waals surface area contributed by atoms with Crippen molar-refractivity contribution >= 4 is 54.7 Å². The van der Waals surface area contributed by atoms with Crippen LogP contribution in [-0.2, 0) is 10.8 Å². The monoisotopic (exact) mass is 1040 g/mol. The van der Waals surface area contributed by atoms with Gasteiger partial charge in [-0.25, -0.2) is 0 Å². The highest BCUT2D eigenvalue weighted by Gasteiger charge is 2.51. The highest BCUT2D eigenvalue weighted by Crippen LogP contribution is 2.63. The molecule has 16 rings (SSSR count). The molecule has 384 valence electrons. The third-order valence-corrected chi connectivity index (χ3v) is 17.6. The summed E-state index contributed by atoms with van der Waals surface area (Å²) in [5, 5.41) is 10.8. The number of H-pyrrole nitrogens is 1. The second kappa shape index (κ2) is 18.0. The Balaban J connectivity index is 0.844. The summed E-state index contributed by atoms with van der Waals surface area (Å²) < 4.78 is 6.85. The van der Waals surface area contributed by atoms with Gasteiger partial charge in [-0.2, -0.15) is 0 Å². The summed E-state index contributed by atoms with van der Waals surface area (Å²) in [5.41, 5.74) is 23.5. The Hall–Kier alpha value is -10.0. The Morgan fingerprint density at radius 3 is 1.63 bits per heavy atom. The number of rotatable bonds is 6. The number of benzene rings is 11. The highest BCUT2D eigenvalue weighted by atomic mass is 16.5. The van der Waals surface area contributed by atoms with Crippen LogP contribution in [0.4, 0.5) is 11.4 Å². The van der Waals surface area contributed by atoms with E-state index in [0.29, 0.717) is 0 Å². The molecular formula is C77H55N3O. The van der Waals surface area contributed by atoms with Crippen molar-refractivity contribution in [3.8, 4) is 56.0 Å². The molecule has 0 saturated heterocycles. The molecule has 3 aliphatic rings. The van der Waals surface area contributed by atoms with Crippen LogP contribution in [0.1, 0.15) is 71.3 Å². The Morgan fingerprint density at radius 1 is 0.407 bits per heavy atom. The zero-order valence-corrected chi connectivity index (χ0v) is 45.3. The normalized spacial score (nSPS) is 14.1. The predicted molar refractivity (Wildman–Crippen MR) is 336 cm³/mol. The van der Waals surface area contributed by atoms with Crippen molar-refractivity contribution in [2.24, 2.45) is 0 Å². The zero-order chi connectivity index (χ0) is 54.0. The third-order valence-electron chi connectivity index (χ3n) is 17.6. The van der Waals surface area contributed by atoms with Crippen LogP contribution in [0.15, 0.2) is 261 Å². The number of aromatic nitrogens is 2. The van der Waals surface area contributed by atoms with Crippen LogP contribution in [0.25, 0.3) is 87.9 Å². The first-order valence-corrected chi connectivity index (χ1v) is 28.2. The standard InChI is InChI=1S/C77H55N3O/c1-76(2,3)48-41-42-78-72(44-48)73-62-29-9-8-23-55(62)58-39-38-51(46-66(58)73)81-50-20-16-19-49(45-50)79-71-36-18-32-64-57-25-7-5-22-54(57)53-21-4-6-24-56(53)63-31-17-30-52(74(63)80-75(64)71)47-37-40-70-65(43-47)61-28-12-15-35-69(61)77(70)67-33-13-10-26-59(67)60-27-11-14-34-68(60)77/h4-46,73,79-80H,1-3H3. The molecule has 1 spiro atoms. The Kier molecular flexibility index (Phi) is 10.4. The molecule has 2 aromatic heterocycles. The summed E-state index contributed by atoms with van der Waals surface area (Å²) in [5.74, 6) is 1.51. The van der Waals surface area contributed by atoms with Crippen LogP contribution in [0.5, 0.6) is 11.5 Å². The van der Waals surface area contributed by atoms with Gasteiger partial charge in [-0.15, -0.1) is 0 Å². The van der Waals surface area contributed by atoms with E-state index < -0.39 is 5.41 Å². The number of nitrogens with one attached hydrogen (secondary N) is 2. The lowest BCUT2D eigenvalue weighted by Crippen LogP contribution is -2.25. The van der Waals surface area contributed by atoms with Gasteiger partial charge in [0.05, 0.1) is 33.7 Å². The average molecular weight is 1040 g/mol. The molecule has 81 heavy (non-hydrogen) atoms. The van der Waals surface area contributed by atoms with Crippen LogP contribution in [0.3, 0.4) is 0 Å². The number of para-hydroxylation sites is 2. The van der Waals surface area contributed by atoms with E-state index in [1.54, 1.807) is 0 Å². The minimum atomic E-state index is -0.417. The van der Waals surface area contributed by atoms with E-state index in [9.17, 15) is 0 Å². The Morgan fingerprint density at radius 2 is 0.938 bits per heavy atom. The number of hydrogen-bond acceptors (Lipinski definition) is 3. The smallest absolute Gasteiger partial charge is 0.129 e. The molecule has 1 unspecified atom stereocenters. The zero-order valence-electron chi connectivity index (χ0n) is 45.3. The number of anilines is 2. The van der Waals surface area contributed by atoms with Crippen LogP contribution < -0.4 is 10.1 Å². The molecule has 2 N–H and O–H groups in total. The molecule has 0 radical (unpaired) electrons. The average Bonchev–Trinajstić information content (AvgIpc) is 2.17. The van der Waals surface area contributed by atoms with Gasteiger partial charge in [0.25, 0.3) is 0 Å². The Bertz CT molecular complexity index is 4800. The largest absolute Gasteiger partial charge is 0.457 e. The summed E-state index contributed by atoms with van der Waals surface area (Å²) >= 11 is 0. The molecule has 11 aromatic carbocycles. The van der Waals surface area contributed by atoms with Crippen molar-refractivity contribution < 1.29 is 4.74 Å². The van der Waals surface area contributed by atoms with Gasteiger partial charge in [0.1, 0.15) is 11.5 Å². The minimum absolute atomic E-state index is 0.00169. The molecule has 4 nitrogen and oxygen atoms in total. The summed E-state index contributed by atoms with van der Waals surface area (Å²) in [7, 11) is 0. The molecule has 0 amide bonds. The Labute approximate surface area is 471 Å². The maximum Gasteiger partial charge on any atom is 0.129 e. The first-order valence-electron chi connectivity index (χ1n) is 28.2. The predicted octanol–water partition coefficient (Wildman–Crippen LogP) is 20.2. The van der Waals surface area contributed by atoms with Gasteiger partial charge in [-0.05, 0) is 153 Å². The molecule has 13 aromatic rings. The lowest BCUT2D eigenvalue weighted by atomic mass is 9.70. The number of nitrogens with zero attached hydrogens (tertiary/aromatic N) is 1. The number of aromatic amines is 1. The summed E-state index contributed by atoms with van der Waals surface area (Å²) in [4.78, 5) is 9.19. The quantitative estimate of drug-likeness (QED) is 0.174. The van der Waals surface area contributed by atoms with Crippen molar-refractivity contribution in [3.05, 3.63) is 306 Å².